The van der Waals surface area contributed by atoms with E-state index in [2.05, 4.69) is 5.32 Å². The lowest BCUT2D eigenvalue weighted by Gasteiger charge is -1.97. The smallest absolute Gasteiger partial charge is 0.0264 e. The molecule has 1 heterocycles. The first-order chi connectivity index (χ1) is 3.43. The second kappa shape index (κ2) is 4.42. The van der Waals surface area contributed by atoms with Gasteiger partial charge in [-0.25, -0.2) is 0 Å². The van der Waals surface area contributed by atoms with Gasteiger partial charge >= 0.3 is 0 Å². The third kappa shape index (κ3) is 2.21. The van der Waals surface area contributed by atoms with Gasteiger partial charge in [0.25, 0.3) is 0 Å². The van der Waals surface area contributed by atoms with Crippen molar-refractivity contribution in [1.29, 1.82) is 0 Å². The van der Waals surface area contributed by atoms with Crippen LogP contribution in [0.2, 0.25) is 0 Å². The molecule has 0 aliphatic carbocycles. The van der Waals surface area contributed by atoms with E-state index in [9.17, 15) is 0 Å². The maximum absolute atomic E-state index is 5.57. The Morgan fingerprint density at radius 2 is 2.38 bits per heavy atom. The van der Waals surface area contributed by atoms with Gasteiger partial charge in [-0.05, 0) is 25.4 Å². The van der Waals surface area contributed by atoms with Crippen molar-refractivity contribution in [2.75, 3.05) is 19.0 Å². The van der Waals surface area contributed by atoms with E-state index in [1.807, 2.05) is 0 Å². The summed E-state index contributed by atoms with van der Waals surface area (Å²) in [4.78, 5) is 0. The Morgan fingerprint density at radius 3 is 2.62 bits per heavy atom. The molecule has 50 valence electrons. The van der Waals surface area contributed by atoms with Crippen LogP contribution in [0.15, 0.2) is 0 Å². The predicted molar refractivity (Wildman–Crippen MR) is 38.9 cm³/mol. The van der Waals surface area contributed by atoms with Gasteiger partial charge in [-0.1, -0.05) is 0 Å². The van der Waals surface area contributed by atoms with Crippen LogP contribution in [0.4, 0.5) is 0 Å². The summed E-state index contributed by atoms with van der Waals surface area (Å²) in [7, 11) is 0. The molecule has 0 amide bonds. The van der Waals surface area contributed by atoms with E-state index in [-0.39, 0.29) is 12.4 Å². The van der Waals surface area contributed by atoms with Gasteiger partial charge in [0.2, 0.25) is 0 Å². The number of halogens is 2. The fourth-order valence-electron chi connectivity index (χ4n) is 0.846. The molecule has 1 atom stereocenters. The summed E-state index contributed by atoms with van der Waals surface area (Å²) >= 11 is 5.57. The van der Waals surface area contributed by atoms with Crippen molar-refractivity contribution >= 4 is 24.0 Å². The molecule has 0 saturated carbocycles. The highest BCUT2D eigenvalue weighted by molar-refractivity contribution is 6.18. The number of nitrogens with one attached hydrogen (secondary N) is 1. The van der Waals surface area contributed by atoms with Crippen molar-refractivity contribution in [3.05, 3.63) is 0 Å². The summed E-state index contributed by atoms with van der Waals surface area (Å²) in [6, 6.07) is 0. The molecule has 0 radical (unpaired) electrons. The van der Waals surface area contributed by atoms with Crippen LogP contribution in [0.1, 0.15) is 6.42 Å². The maximum Gasteiger partial charge on any atom is 0.0264 e. The Kier molecular flexibility index (Phi) is 4.72. The van der Waals surface area contributed by atoms with Crippen LogP contribution in [0.3, 0.4) is 0 Å². The summed E-state index contributed by atoms with van der Waals surface area (Å²) in [6.45, 7) is 2.29. The van der Waals surface area contributed by atoms with Gasteiger partial charge in [0.1, 0.15) is 0 Å². The summed E-state index contributed by atoms with van der Waals surface area (Å²) in [6.07, 6.45) is 1.27. The van der Waals surface area contributed by atoms with Crippen LogP contribution < -0.4 is 5.32 Å². The fraction of sp³-hybridized carbons (Fsp3) is 1.00. The van der Waals surface area contributed by atoms with Gasteiger partial charge in [-0.15, -0.1) is 24.0 Å². The zero-order valence-corrected chi connectivity index (χ0v) is 6.26. The molecule has 1 saturated heterocycles. The van der Waals surface area contributed by atoms with E-state index < -0.39 is 0 Å². The molecule has 0 unspecified atom stereocenters. The number of hydrogen-bond acceptors (Lipinski definition) is 1. The first kappa shape index (κ1) is 8.54. The van der Waals surface area contributed by atoms with Gasteiger partial charge in [-0.3, -0.25) is 0 Å². The van der Waals surface area contributed by atoms with E-state index in [1.165, 1.54) is 6.42 Å². The first-order valence-electron chi connectivity index (χ1n) is 2.70. The molecule has 0 aromatic rings. The molecule has 1 nitrogen and oxygen atoms in total. The lowest BCUT2D eigenvalue weighted by Crippen LogP contribution is -2.09. The van der Waals surface area contributed by atoms with E-state index in [4.69, 9.17) is 11.6 Å². The highest BCUT2D eigenvalue weighted by Crippen LogP contribution is 2.07. The first-order valence-corrected chi connectivity index (χ1v) is 3.23. The van der Waals surface area contributed by atoms with Gasteiger partial charge in [0, 0.05) is 5.88 Å². The van der Waals surface area contributed by atoms with Crippen LogP contribution >= 0.6 is 24.0 Å². The molecule has 3 heteroatoms. The third-order valence-electron chi connectivity index (χ3n) is 1.38. The van der Waals surface area contributed by atoms with Crippen LogP contribution in [0, 0.1) is 5.92 Å². The number of rotatable bonds is 1. The van der Waals surface area contributed by atoms with Crippen LogP contribution in [-0.4, -0.2) is 19.0 Å². The van der Waals surface area contributed by atoms with Crippen LogP contribution in [0.5, 0.6) is 0 Å². The molecule has 1 aliphatic rings. The van der Waals surface area contributed by atoms with Crippen LogP contribution in [0.25, 0.3) is 0 Å². The summed E-state index contributed by atoms with van der Waals surface area (Å²) < 4.78 is 0. The van der Waals surface area contributed by atoms with E-state index in [0.29, 0.717) is 0 Å². The van der Waals surface area contributed by atoms with Gasteiger partial charge in [0.05, 0.1) is 0 Å². The lowest BCUT2D eigenvalue weighted by atomic mass is 10.2. The topological polar surface area (TPSA) is 12.0 Å². The summed E-state index contributed by atoms with van der Waals surface area (Å²) in [5.41, 5.74) is 0. The number of hydrogen-bond donors (Lipinski definition) is 1. The molecule has 0 aromatic heterocycles. The highest BCUT2D eigenvalue weighted by Gasteiger charge is 2.11. The third-order valence-corrected chi connectivity index (χ3v) is 1.82. The van der Waals surface area contributed by atoms with E-state index >= 15 is 0 Å². The Morgan fingerprint density at radius 1 is 1.62 bits per heavy atom. The molecule has 1 N–H and O–H groups in total. The zero-order chi connectivity index (χ0) is 5.11. The van der Waals surface area contributed by atoms with E-state index in [1.54, 1.807) is 0 Å². The standard InChI is InChI=1S/C5H10ClN.ClH/c6-3-5-1-2-7-4-5;/h5,7H,1-4H2;1H/t5-;/m0./s1. The zero-order valence-electron chi connectivity index (χ0n) is 4.69. The van der Waals surface area contributed by atoms with Crippen molar-refractivity contribution in [3.63, 3.8) is 0 Å². The number of alkyl halides is 1. The van der Waals surface area contributed by atoms with Crippen molar-refractivity contribution < 1.29 is 0 Å². The monoisotopic (exact) mass is 155 g/mol. The van der Waals surface area contributed by atoms with Gasteiger partial charge in [0.15, 0.2) is 0 Å². The molecule has 1 rings (SSSR count). The predicted octanol–water partition coefficient (Wildman–Crippen LogP) is 1.26. The quantitative estimate of drug-likeness (QED) is 0.563. The fourth-order valence-corrected chi connectivity index (χ4v) is 1.11. The Labute approximate surface area is 61.2 Å². The summed E-state index contributed by atoms with van der Waals surface area (Å²) in [5.74, 6) is 1.58. The van der Waals surface area contributed by atoms with Crippen molar-refractivity contribution in [1.82, 2.24) is 5.32 Å². The minimum absolute atomic E-state index is 0. The molecule has 1 fully saturated rings. The van der Waals surface area contributed by atoms with Crippen LogP contribution in [-0.2, 0) is 0 Å². The SMILES string of the molecule is Cl.ClC[C@@H]1CCNC1. The molecule has 8 heavy (non-hydrogen) atoms. The Bertz CT molecular complexity index is 52.4. The average Bonchev–Trinajstić information content (AvgIpc) is 2.14. The molecule has 1 aliphatic heterocycles. The highest BCUT2D eigenvalue weighted by atomic mass is 35.5. The maximum atomic E-state index is 5.57. The average molecular weight is 156 g/mol. The molecular formula is C5H11Cl2N. The van der Waals surface area contributed by atoms with E-state index in [0.717, 1.165) is 24.9 Å². The minimum Gasteiger partial charge on any atom is -0.316 e. The minimum atomic E-state index is 0. The molecule has 0 aromatic carbocycles. The second-order valence-corrected chi connectivity index (χ2v) is 2.32. The lowest BCUT2D eigenvalue weighted by molar-refractivity contribution is 0.658. The van der Waals surface area contributed by atoms with Crippen molar-refractivity contribution in [2.45, 2.75) is 6.42 Å². The second-order valence-electron chi connectivity index (χ2n) is 2.01. The van der Waals surface area contributed by atoms with Crippen molar-refractivity contribution in [3.8, 4) is 0 Å². The van der Waals surface area contributed by atoms with Gasteiger partial charge < -0.3 is 5.32 Å². The Hall–Kier alpha value is 0.540. The summed E-state index contributed by atoms with van der Waals surface area (Å²) in [5, 5.41) is 3.24. The Balaban J connectivity index is 0.000000490. The molecule has 0 spiro atoms. The van der Waals surface area contributed by atoms with Crippen molar-refractivity contribution in [2.24, 2.45) is 5.92 Å². The molecule has 0 bridgehead atoms. The van der Waals surface area contributed by atoms with Gasteiger partial charge in [-0.2, -0.15) is 0 Å². The molecular weight excluding hydrogens is 145 g/mol. The normalized spacial score (nSPS) is 27.4. The largest absolute Gasteiger partial charge is 0.316 e.